The van der Waals surface area contributed by atoms with Crippen LogP contribution in [-0.2, 0) is 75.2 Å². The maximum Gasteiger partial charge on any atom is 0.326 e. The van der Waals surface area contributed by atoms with E-state index in [4.69, 9.17) is 11.5 Å². The molecular weight excluding hydrogens is 1150 g/mol. The molecule has 0 radical (unpaired) electrons. The van der Waals surface area contributed by atoms with Crippen molar-refractivity contribution in [2.24, 2.45) is 41.1 Å². The Morgan fingerprint density at radius 3 is 1.15 bits per heavy atom. The number of primary amides is 1. The monoisotopic (exact) mass is 1240 g/mol. The molecule has 12 atom stereocenters. The van der Waals surface area contributed by atoms with Crippen molar-refractivity contribution in [3.05, 3.63) is 59.7 Å². The third kappa shape index (κ3) is 25.6. The Labute approximate surface area is 510 Å². The van der Waals surface area contributed by atoms with Crippen molar-refractivity contribution in [1.82, 2.24) is 47.9 Å². The van der Waals surface area contributed by atoms with Crippen molar-refractivity contribution in [2.45, 2.75) is 187 Å². The minimum Gasteiger partial charge on any atom is -0.508 e. The fourth-order valence-corrected chi connectivity index (χ4v) is 8.81. The molecule has 2 aromatic rings. The number of rotatable bonds is 38. The van der Waals surface area contributed by atoms with Crippen molar-refractivity contribution in [3.8, 4) is 11.5 Å². The molecule has 88 heavy (non-hydrogen) atoms. The van der Waals surface area contributed by atoms with Crippen LogP contribution in [0.15, 0.2) is 48.5 Å². The smallest absolute Gasteiger partial charge is 0.326 e. The normalized spacial score (nSPS) is 15.3. The van der Waals surface area contributed by atoms with Crippen molar-refractivity contribution in [1.29, 1.82) is 0 Å². The third-order valence-corrected chi connectivity index (χ3v) is 14.5. The minimum atomic E-state index is -2.04. The van der Waals surface area contributed by atoms with Gasteiger partial charge < -0.3 is 84.9 Å². The molecule has 0 spiro atoms. The summed E-state index contributed by atoms with van der Waals surface area (Å²) in [5, 5.41) is 71.2. The zero-order valence-electron chi connectivity index (χ0n) is 51.3. The lowest BCUT2D eigenvalue weighted by atomic mass is 9.95. The summed E-state index contributed by atoms with van der Waals surface area (Å²) in [7, 11) is 0. The lowest BCUT2D eigenvalue weighted by Crippen LogP contribution is -2.62. The van der Waals surface area contributed by atoms with E-state index in [1.54, 1.807) is 48.5 Å². The van der Waals surface area contributed by atoms with E-state index in [0.29, 0.717) is 24.0 Å². The number of aliphatic carboxylic acids is 3. The van der Waals surface area contributed by atoms with E-state index in [1.165, 1.54) is 62.4 Å². The molecule has 10 amide bonds. The summed E-state index contributed by atoms with van der Waals surface area (Å²) < 4.78 is 0. The van der Waals surface area contributed by atoms with E-state index < -0.39 is 181 Å². The van der Waals surface area contributed by atoms with E-state index in [2.05, 4.69) is 47.9 Å². The first-order valence-electron chi connectivity index (χ1n) is 29.1. The molecule has 488 valence electrons. The van der Waals surface area contributed by atoms with Crippen LogP contribution in [-0.4, -0.2) is 163 Å². The summed E-state index contributed by atoms with van der Waals surface area (Å²) >= 11 is 0. The van der Waals surface area contributed by atoms with Gasteiger partial charge in [0.1, 0.15) is 65.9 Å². The highest BCUT2D eigenvalue weighted by Crippen LogP contribution is 2.18. The standard InChI is InChI=1S/C59H89N11O18/c1-11-31(9)46(61)55(83)69-48(30(7)8)57(85)70-49(32(10)12-2)58(86)65-38(24-33-13-17-35(71)18-14-33)51(79)62-37(21-22-43(60)73)50(78)63-39(25-34-15-19-36(72)20-16-34)54(82)68-47(29(5)6)56(84)66-41(27-45(76)77)52(80)64-40(26-44(74)75)53(81)67-42(59(87)88)23-28(3)4/h13-20,28-32,37-42,46-49,71-72H,11-12,21-27,61H2,1-10H3,(H2,60,73)(H,62,79)(H,63,78)(H,64,80)(H,65,86)(H,66,84)(H,67,81)(H,68,82)(H,69,83)(H,70,85)(H,74,75)(H,76,77)(H,87,88)/t31-,32-,37-,38-,39-,40-,41-,42-,46-,47-,48-,49-/m0/s1. The Hall–Kier alpha value is -8.89. The molecule has 0 aromatic heterocycles. The second-order valence-electron chi connectivity index (χ2n) is 23.0. The molecule has 0 aliphatic carbocycles. The first kappa shape index (κ1) is 75.2. The number of phenols is 2. The molecule has 0 heterocycles. The Balaban J connectivity index is 2.62. The van der Waals surface area contributed by atoms with Crippen LogP contribution in [0.25, 0.3) is 0 Å². The molecule has 29 heteroatoms. The summed E-state index contributed by atoms with van der Waals surface area (Å²) in [4.78, 5) is 174. The first-order chi connectivity index (χ1) is 41.1. The molecule has 0 aliphatic rings. The van der Waals surface area contributed by atoms with Gasteiger partial charge in [0.25, 0.3) is 0 Å². The number of benzene rings is 2. The van der Waals surface area contributed by atoms with E-state index in [9.17, 15) is 87.9 Å². The number of carbonyl (C=O) groups is 13. The second-order valence-corrected chi connectivity index (χ2v) is 23.0. The zero-order valence-corrected chi connectivity index (χ0v) is 51.3. The largest absolute Gasteiger partial charge is 0.508 e. The lowest BCUT2D eigenvalue weighted by molar-refractivity contribution is -0.145. The highest BCUT2D eigenvalue weighted by molar-refractivity contribution is 6.00. The second kappa shape index (κ2) is 36.3. The van der Waals surface area contributed by atoms with Gasteiger partial charge in [-0.1, -0.05) is 106 Å². The van der Waals surface area contributed by atoms with Crippen LogP contribution in [0, 0.1) is 29.6 Å². The van der Waals surface area contributed by atoms with Crippen LogP contribution in [0.5, 0.6) is 11.5 Å². The summed E-state index contributed by atoms with van der Waals surface area (Å²) in [6.07, 6.45) is -3.11. The minimum absolute atomic E-state index is 0.0878. The van der Waals surface area contributed by atoms with Gasteiger partial charge in [0, 0.05) is 19.3 Å². The number of nitrogens with two attached hydrogens (primary N) is 2. The summed E-state index contributed by atoms with van der Waals surface area (Å²) in [5.41, 5.74) is 12.4. The number of carboxylic acid groups (broad SMARTS) is 3. The highest BCUT2D eigenvalue weighted by atomic mass is 16.4. The number of nitrogens with one attached hydrogen (secondary N) is 9. The fourth-order valence-electron chi connectivity index (χ4n) is 8.81. The van der Waals surface area contributed by atoms with E-state index in [1.807, 2.05) is 6.92 Å². The quantitative estimate of drug-likeness (QED) is 0.0396. The molecule has 0 unspecified atom stereocenters. The molecule has 0 fully saturated rings. The van der Waals surface area contributed by atoms with Gasteiger partial charge in [0.05, 0.1) is 18.9 Å². The molecule has 2 aromatic carbocycles. The predicted molar refractivity (Wildman–Crippen MR) is 318 cm³/mol. The van der Waals surface area contributed by atoms with Crippen molar-refractivity contribution in [3.63, 3.8) is 0 Å². The SMILES string of the molecule is CC[C@H](C)[C@H](N)C(=O)N[C@H](C(=O)N[C@H](C(=O)N[C@@H](Cc1ccc(O)cc1)C(=O)N[C@@H](CCC(N)=O)C(=O)N[C@@H](Cc1ccc(O)cc1)C(=O)N[C@H](C(=O)N[C@@H](CC(=O)O)C(=O)N[C@@H](CC(=O)O)C(=O)N[C@@H](CC(C)C)C(=O)O)C(C)C)[C@@H](C)CC)C(C)C. The van der Waals surface area contributed by atoms with Gasteiger partial charge in [-0.3, -0.25) is 57.5 Å². The third-order valence-electron chi connectivity index (χ3n) is 14.5. The molecule has 18 N–H and O–H groups in total. The zero-order chi connectivity index (χ0) is 66.9. The van der Waals surface area contributed by atoms with Gasteiger partial charge in [-0.15, -0.1) is 0 Å². The number of carbonyl (C=O) groups excluding carboxylic acids is 10. The van der Waals surface area contributed by atoms with Gasteiger partial charge in [-0.2, -0.15) is 0 Å². The van der Waals surface area contributed by atoms with Gasteiger partial charge in [0.15, 0.2) is 0 Å². The van der Waals surface area contributed by atoms with Crippen LogP contribution < -0.4 is 59.3 Å². The Morgan fingerprint density at radius 1 is 0.420 bits per heavy atom. The number of hydrogen-bond donors (Lipinski definition) is 16. The van der Waals surface area contributed by atoms with E-state index >= 15 is 0 Å². The number of carboxylic acids is 3. The first-order valence-corrected chi connectivity index (χ1v) is 29.1. The predicted octanol–water partition coefficient (Wildman–Crippen LogP) is -0.677. The van der Waals surface area contributed by atoms with Gasteiger partial charge in [-0.05, 0) is 77.8 Å². The Morgan fingerprint density at radius 2 is 0.750 bits per heavy atom. The van der Waals surface area contributed by atoms with Crippen LogP contribution in [0.4, 0.5) is 0 Å². The molecule has 29 nitrogen and oxygen atoms in total. The molecule has 0 saturated heterocycles. The Kier molecular flexibility index (Phi) is 31.0. The number of amides is 10. The molecular formula is C59H89N11O18. The summed E-state index contributed by atoms with van der Waals surface area (Å²) in [6.45, 7) is 16.6. The summed E-state index contributed by atoms with van der Waals surface area (Å²) in [5.74, 6) is -17.6. The maximum atomic E-state index is 14.6. The summed E-state index contributed by atoms with van der Waals surface area (Å²) in [6, 6.07) is -4.64. The van der Waals surface area contributed by atoms with E-state index in [0.717, 1.165) is 0 Å². The number of phenolic OH excluding ortho intramolecular Hbond substituents is 2. The van der Waals surface area contributed by atoms with Crippen molar-refractivity contribution >= 4 is 77.0 Å². The van der Waals surface area contributed by atoms with Crippen LogP contribution in [0.2, 0.25) is 0 Å². The molecule has 0 aliphatic heterocycles. The van der Waals surface area contributed by atoms with Crippen LogP contribution >= 0.6 is 0 Å². The van der Waals surface area contributed by atoms with E-state index in [-0.39, 0.29) is 42.6 Å². The molecule has 2 rings (SSSR count). The maximum absolute atomic E-state index is 14.6. The number of hydrogen-bond acceptors (Lipinski definition) is 16. The fraction of sp³-hybridized carbons (Fsp3) is 0.576. The average Bonchev–Trinajstić information content (AvgIpc) is 3.61. The highest BCUT2D eigenvalue weighted by Gasteiger charge is 2.39. The topological polar surface area (TPSA) is 483 Å². The van der Waals surface area contributed by atoms with Crippen LogP contribution in [0.3, 0.4) is 0 Å². The molecule has 0 saturated carbocycles. The number of aromatic hydroxyl groups is 2. The Bertz CT molecular complexity index is 2760. The van der Waals surface area contributed by atoms with Gasteiger partial charge in [-0.25, -0.2) is 4.79 Å². The van der Waals surface area contributed by atoms with Crippen molar-refractivity contribution in [2.75, 3.05) is 0 Å². The van der Waals surface area contributed by atoms with Gasteiger partial charge >= 0.3 is 17.9 Å². The average molecular weight is 1240 g/mol. The lowest BCUT2D eigenvalue weighted by Gasteiger charge is -2.31. The van der Waals surface area contributed by atoms with Crippen LogP contribution in [0.1, 0.15) is 125 Å². The van der Waals surface area contributed by atoms with Gasteiger partial charge in [0.2, 0.25) is 59.1 Å². The molecule has 0 bridgehead atoms. The van der Waals surface area contributed by atoms with Crippen molar-refractivity contribution < 1.29 is 87.9 Å².